The van der Waals surface area contributed by atoms with Crippen LogP contribution in [-0.4, -0.2) is 15.3 Å². The number of nitrogens with zero attached hydrogens (tertiary/aromatic N) is 2. The van der Waals surface area contributed by atoms with Crippen molar-refractivity contribution in [2.24, 2.45) is 0 Å². The van der Waals surface area contributed by atoms with E-state index in [4.69, 9.17) is 11.6 Å². The van der Waals surface area contributed by atoms with Crippen LogP contribution in [-0.2, 0) is 17.8 Å². The average Bonchev–Trinajstić information content (AvgIpc) is 3.22. The van der Waals surface area contributed by atoms with Gasteiger partial charge in [0.05, 0.1) is 18.7 Å². The van der Waals surface area contributed by atoms with Gasteiger partial charge in [-0.2, -0.15) is 0 Å². The number of carbonyl (C=O) groups excluding carboxylic acids is 1. The lowest BCUT2D eigenvalue weighted by molar-refractivity contribution is -0.120. The zero-order valence-corrected chi connectivity index (χ0v) is 16.6. The number of rotatable bonds is 5. The highest BCUT2D eigenvalue weighted by atomic mass is 35.5. The van der Waals surface area contributed by atoms with E-state index >= 15 is 0 Å². The Hall–Kier alpha value is -2.70. The van der Waals surface area contributed by atoms with Crippen molar-refractivity contribution in [2.45, 2.75) is 19.9 Å². The number of hydrogen-bond donors (Lipinski definition) is 1. The number of nitrogens with one attached hydrogen (secondary N) is 1. The zero-order chi connectivity index (χ0) is 19.7. The number of imidazole rings is 1. The summed E-state index contributed by atoms with van der Waals surface area (Å²) in [6.07, 6.45) is 2.25. The van der Waals surface area contributed by atoms with Crippen LogP contribution in [0.4, 0.5) is 4.39 Å². The van der Waals surface area contributed by atoms with Crippen LogP contribution in [0, 0.1) is 12.7 Å². The summed E-state index contributed by atoms with van der Waals surface area (Å²) in [5, 5.41) is 3.62. The molecule has 0 radical (unpaired) electrons. The minimum absolute atomic E-state index is 0.0419. The van der Waals surface area contributed by atoms with Crippen LogP contribution in [0.2, 0.25) is 5.02 Å². The Bertz CT molecular complexity index is 1130. The molecule has 0 saturated heterocycles. The second-order valence-electron chi connectivity index (χ2n) is 6.48. The van der Waals surface area contributed by atoms with Crippen LogP contribution in [0.1, 0.15) is 16.1 Å². The molecule has 0 saturated carbocycles. The molecule has 0 atom stereocenters. The van der Waals surface area contributed by atoms with Crippen LogP contribution in [0.15, 0.2) is 54.7 Å². The minimum atomic E-state index is -0.266. The largest absolute Gasteiger partial charge is 0.351 e. The molecule has 1 N–H and O–H groups in total. The Labute approximate surface area is 170 Å². The highest BCUT2D eigenvalue weighted by molar-refractivity contribution is 7.17. The van der Waals surface area contributed by atoms with Gasteiger partial charge in [0.15, 0.2) is 4.96 Å². The van der Waals surface area contributed by atoms with Crippen LogP contribution in [0.25, 0.3) is 16.2 Å². The first-order chi connectivity index (χ1) is 13.5. The molecular weight excluding hydrogens is 397 g/mol. The zero-order valence-electron chi connectivity index (χ0n) is 15.1. The normalized spacial score (nSPS) is 11.1. The van der Waals surface area contributed by atoms with Gasteiger partial charge in [0, 0.05) is 27.4 Å². The predicted molar refractivity (Wildman–Crippen MR) is 110 cm³/mol. The van der Waals surface area contributed by atoms with E-state index in [0.717, 1.165) is 32.4 Å². The highest BCUT2D eigenvalue weighted by Gasteiger charge is 2.13. The van der Waals surface area contributed by atoms with Gasteiger partial charge in [-0.25, -0.2) is 9.37 Å². The number of aryl methyl sites for hydroxylation is 1. The summed E-state index contributed by atoms with van der Waals surface area (Å²) < 4.78 is 15.1. The second kappa shape index (κ2) is 7.73. The van der Waals surface area contributed by atoms with Gasteiger partial charge in [-0.1, -0.05) is 35.1 Å². The van der Waals surface area contributed by atoms with Crippen molar-refractivity contribution in [3.05, 3.63) is 81.7 Å². The van der Waals surface area contributed by atoms with Gasteiger partial charge in [-0.3, -0.25) is 9.20 Å². The summed E-state index contributed by atoms with van der Waals surface area (Å²) in [5.41, 5.74) is 3.62. The first-order valence-corrected chi connectivity index (χ1v) is 9.93. The van der Waals surface area contributed by atoms with Crippen molar-refractivity contribution in [1.29, 1.82) is 0 Å². The van der Waals surface area contributed by atoms with Gasteiger partial charge in [0.1, 0.15) is 5.82 Å². The maximum Gasteiger partial charge on any atom is 0.224 e. The first-order valence-electron chi connectivity index (χ1n) is 8.74. The Kier molecular flexibility index (Phi) is 5.15. The number of carbonyl (C=O) groups is 1. The molecule has 4 rings (SSSR count). The fraction of sp³-hybridized carbons (Fsp3) is 0.143. The molecule has 0 fully saturated rings. The van der Waals surface area contributed by atoms with Gasteiger partial charge < -0.3 is 5.32 Å². The SMILES string of the molecule is Cc1c(CNC(=O)Cc2ccc(Cl)cc2)sc2nc(-c3ccc(F)cc3)cn12. The van der Waals surface area contributed by atoms with Crippen LogP contribution in [0.5, 0.6) is 0 Å². The van der Waals surface area contributed by atoms with E-state index in [1.807, 2.05) is 29.7 Å². The molecule has 2 aromatic carbocycles. The number of amides is 1. The summed E-state index contributed by atoms with van der Waals surface area (Å²) in [7, 11) is 0. The fourth-order valence-electron chi connectivity index (χ4n) is 2.95. The summed E-state index contributed by atoms with van der Waals surface area (Å²) in [6.45, 7) is 2.46. The van der Waals surface area contributed by atoms with E-state index in [-0.39, 0.29) is 11.7 Å². The summed E-state index contributed by atoms with van der Waals surface area (Å²) in [4.78, 5) is 18.7. The molecule has 0 unspecified atom stereocenters. The van der Waals surface area contributed by atoms with E-state index in [0.29, 0.717) is 18.0 Å². The smallest absolute Gasteiger partial charge is 0.224 e. The second-order valence-corrected chi connectivity index (χ2v) is 7.97. The van der Waals surface area contributed by atoms with Crippen LogP contribution in [0.3, 0.4) is 0 Å². The summed E-state index contributed by atoms with van der Waals surface area (Å²) >= 11 is 7.41. The van der Waals surface area contributed by atoms with Crippen molar-refractivity contribution in [1.82, 2.24) is 14.7 Å². The maximum atomic E-state index is 13.1. The lowest BCUT2D eigenvalue weighted by atomic mass is 10.1. The average molecular weight is 414 g/mol. The van der Waals surface area contributed by atoms with Gasteiger partial charge in [-0.15, -0.1) is 0 Å². The highest BCUT2D eigenvalue weighted by Crippen LogP contribution is 2.27. The van der Waals surface area contributed by atoms with E-state index in [2.05, 4.69) is 10.3 Å². The molecule has 0 bridgehead atoms. The molecule has 2 heterocycles. The van der Waals surface area contributed by atoms with Crippen molar-refractivity contribution < 1.29 is 9.18 Å². The van der Waals surface area contributed by atoms with E-state index in [9.17, 15) is 9.18 Å². The molecule has 0 spiro atoms. The minimum Gasteiger partial charge on any atom is -0.351 e. The molecule has 28 heavy (non-hydrogen) atoms. The van der Waals surface area contributed by atoms with Crippen molar-refractivity contribution >= 4 is 33.8 Å². The number of benzene rings is 2. The Morgan fingerprint density at radius 3 is 2.57 bits per heavy atom. The molecule has 0 aliphatic carbocycles. The van der Waals surface area contributed by atoms with Crippen molar-refractivity contribution in [2.75, 3.05) is 0 Å². The Morgan fingerprint density at radius 2 is 1.89 bits per heavy atom. The summed E-state index contributed by atoms with van der Waals surface area (Å²) in [6, 6.07) is 13.5. The topological polar surface area (TPSA) is 46.4 Å². The van der Waals surface area contributed by atoms with Gasteiger partial charge in [0.2, 0.25) is 5.91 Å². The third-order valence-corrected chi connectivity index (χ3v) is 5.93. The first kappa shape index (κ1) is 18.7. The molecule has 4 nitrogen and oxygen atoms in total. The monoisotopic (exact) mass is 413 g/mol. The quantitative estimate of drug-likeness (QED) is 0.499. The lowest BCUT2D eigenvalue weighted by Gasteiger charge is -2.05. The van der Waals surface area contributed by atoms with Crippen LogP contribution >= 0.6 is 22.9 Å². The molecule has 0 aliphatic heterocycles. The number of fused-ring (bicyclic) bond motifs is 1. The number of hydrogen-bond acceptors (Lipinski definition) is 3. The lowest BCUT2D eigenvalue weighted by Crippen LogP contribution is -2.24. The summed E-state index contributed by atoms with van der Waals surface area (Å²) in [5.74, 6) is -0.308. The van der Waals surface area contributed by atoms with Gasteiger partial charge >= 0.3 is 0 Å². The Morgan fingerprint density at radius 1 is 1.18 bits per heavy atom. The third-order valence-electron chi connectivity index (χ3n) is 4.52. The van der Waals surface area contributed by atoms with Crippen LogP contribution < -0.4 is 5.32 Å². The molecule has 7 heteroatoms. The predicted octanol–water partition coefficient (Wildman–Crippen LogP) is 5.02. The molecule has 142 valence electrons. The molecule has 2 aromatic heterocycles. The number of thiazole rings is 1. The third kappa shape index (κ3) is 3.93. The standard InChI is InChI=1S/C21H17ClFN3OS/c1-13-19(11-24-20(27)10-14-2-6-16(22)7-3-14)28-21-25-18(12-26(13)21)15-4-8-17(23)9-5-15/h2-9,12H,10-11H2,1H3,(H,24,27). The molecule has 4 aromatic rings. The Balaban J connectivity index is 1.45. The fourth-order valence-corrected chi connectivity index (χ4v) is 4.12. The number of aromatic nitrogens is 2. The number of halogens is 2. The molecular formula is C21H17ClFN3OS. The van der Waals surface area contributed by atoms with Gasteiger partial charge in [-0.05, 0) is 48.9 Å². The maximum absolute atomic E-state index is 13.1. The van der Waals surface area contributed by atoms with E-state index in [1.165, 1.54) is 23.5 Å². The van der Waals surface area contributed by atoms with E-state index in [1.54, 1.807) is 24.3 Å². The van der Waals surface area contributed by atoms with E-state index < -0.39 is 0 Å². The van der Waals surface area contributed by atoms with Crippen molar-refractivity contribution in [3.63, 3.8) is 0 Å². The van der Waals surface area contributed by atoms with Crippen molar-refractivity contribution in [3.8, 4) is 11.3 Å². The van der Waals surface area contributed by atoms with Gasteiger partial charge in [0.25, 0.3) is 0 Å². The molecule has 1 amide bonds. The molecule has 0 aliphatic rings.